The number of nitrogens with two attached hydrogens (primary N) is 1. The van der Waals surface area contributed by atoms with Crippen LogP contribution in [0, 0.1) is 5.92 Å². The van der Waals surface area contributed by atoms with Gasteiger partial charge in [-0.05, 0) is 18.9 Å². The normalized spacial score (nSPS) is 13.6. The molecule has 2 N–H and O–H groups in total. The molecule has 0 saturated heterocycles. The lowest BCUT2D eigenvalue weighted by atomic mass is 10.2. The van der Waals surface area contributed by atoms with Crippen LogP contribution in [0.2, 0.25) is 0 Å². The van der Waals surface area contributed by atoms with Crippen LogP contribution in [-0.4, -0.2) is 15.8 Å². The van der Waals surface area contributed by atoms with Gasteiger partial charge in [0.05, 0.1) is 0 Å². The molecule has 0 aliphatic heterocycles. The highest BCUT2D eigenvalue weighted by molar-refractivity contribution is 5.02. The molecule has 1 rings (SSSR count). The van der Waals surface area contributed by atoms with E-state index in [9.17, 15) is 0 Å². The third kappa shape index (κ3) is 3.19. The first-order chi connectivity index (χ1) is 6.09. The minimum Gasteiger partial charge on any atom is -0.328 e. The molecule has 0 aliphatic carbocycles. The molecule has 13 heavy (non-hydrogen) atoms. The van der Waals surface area contributed by atoms with Crippen LogP contribution in [0.5, 0.6) is 0 Å². The largest absolute Gasteiger partial charge is 0.328 e. The molecule has 0 radical (unpaired) electrons. The highest BCUT2D eigenvalue weighted by Crippen LogP contribution is 2.05. The van der Waals surface area contributed by atoms with Crippen molar-refractivity contribution in [3.63, 3.8) is 0 Å². The zero-order valence-corrected chi connectivity index (χ0v) is 8.70. The molecule has 74 valence electrons. The first kappa shape index (κ1) is 10.3. The fourth-order valence-electron chi connectivity index (χ4n) is 1.37. The topological polar surface area (TPSA) is 43.8 Å². The summed E-state index contributed by atoms with van der Waals surface area (Å²) in [6.45, 7) is 7.39. The predicted molar refractivity (Wildman–Crippen MR) is 54.4 cm³/mol. The van der Waals surface area contributed by atoms with Crippen LogP contribution >= 0.6 is 0 Å². The lowest BCUT2D eigenvalue weighted by Crippen LogP contribution is -2.21. The van der Waals surface area contributed by atoms with Crippen LogP contribution in [0.1, 0.15) is 26.5 Å². The second-order valence-corrected chi connectivity index (χ2v) is 4.08. The molecule has 0 fully saturated rings. The average molecular weight is 181 g/mol. The van der Waals surface area contributed by atoms with E-state index in [1.54, 1.807) is 0 Å². The molecule has 1 aromatic heterocycles. The quantitative estimate of drug-likeness (QED) is 0.763. The first-order valence-electron chi connectivity index (χ1n) is 4.86. The van der Waals surface area contributed by atoms with Gasteiger partial charge in [-0.25, -0.2) is 0 Å². The van der Waals surface area contributed by atoms with Crippen molar-refractivity contribution in [2.45, 2.75) is 39.8 Å². The zero-order chi connectivity index (χ0) is 9.84. The number of hydrogen-bond acceptors (Lipinski definition) is 2. The predicted octanol–water partition coefficient (Wildman–Crippen LogP) is 1.43. The van der Waals surface area contributed by atoms with Crippen LogP contribution in [-0.2, 0) is 13.0 Å². The van der Waals surface area contributed by atoms with Gasteiger partial charge in [-0.3, -0.25) is 4.68 Å². The summed E-state index contributed by atoms with van der Waals surface area (Å²) in [6, 6.07) is 2.26. The van der Waals surface area contributed by atoms with E-state index in [4.69, 9.17) is 5.73 Å². The summed E-state index contributed by atoms with van der Waals surface area (Å²) in [7, 11) is 0. The fraction of sp³-hybridized carbons (Fsp3) is 0.700. The molecule has 3 nitrogen and oxygen atoms in total. The Labute approximate surface area is 79.9 Å². The molecule has 0 amide bonds. The Balaban J connectivity index is 2.65. The summed E-state index contributed by atoms with van der Waals surface area (Å²) in [4.78, 5) is 0. The molecule has 1 aromatic rings. The van der Waals surface area contributed by atoms with Crippen molar-refractivity contribution in [2.24, 2.45) is 11.7 Å². The van der Waals surface area contributed by atoms with Crippen LogP contribution in [0.4, 0.5) is 0 Å². The zero-order valence-electron chi connectivity index (χ0n) is 8.70. The van der Waals surface area contributed by atoms with Crippen molar-refractivity contribution >= 4 is 0 Å². The Morgan fingerprint density at radius 1 is 1.46 bits per heavy atom. The van der Waals surface area contributed by atoms with Crippen molar-refractivity contribution in [3.05, 3.63) is 18.0 Å². The summed E-state index contributed by atoms with van der Waals surface area (Å²) in [5, 5.41) is 4.27. The van der Waals surface area contributed by atoms with Crippen LogP contribution in [0.15, 0.2) is 12.3 Å². The highest BCUT2D eigenvalue weighted by Gasteiger charge is 2.05. The van der Waals surface area contributed by atoms with E-state index in [0.29, 0.717) is 5.92 Å². The second kappa shape index (κ2) is 4.42. The van der Waals surface area contributed by atoms with Gasteiger partial charge in [0.2, 0.25) is 0 Å². The van der Waals surface area contributed by atoms with Gasteiger partial charge in [-0.2, -0.15) is 5.10 Å². The van der Waals surface area contributed by atoms with E-state index >= 15 is 0 Å². The van der Waals surface area contributed by atoms with Gasteiger partial charge in [0.25, 0.3) is 0 Å². The Hall–Kier alpha value is -0.830. The van der Waals surface area contributed by atoms with Crippen LogP contribution in [0.3, 0.4) is 0 Å². The number of aromatic nitrogens is 2. The van der Waals surface area contributed by atoms with Crippen LogP contribution in [0.25, 0.3) is 0 Å². The standard InChI is InChI=1S/C10H19N3/c1-8(2)7-13-10(4-5-12-13)6-9(3)11/h4-5,8-9H,6-7,11H2,1-3H3/t9-/m0/s1. The second-order valence-electron chi connectivity index (χ2n) is 4.08. The summed E-state index contributed by atoms with van der Waals surface area (Å²) in [5.41, 5.74) is 6.98. The molecular weight excluding hydrogens is 162 g/mol. The number of hydrogen-bond donors (Lipinski definition) is 1. The van der Waals surface area contributed by atoms with Gasteiger partial charge in [-0.1, -0.05) is 13.8 Å². The van der Waals surface area contributed by atoms with E-state index in [0.717, 1.165) is 13.0 Å². The minimum absolute atomic E-state index is 0.211. The van der Waals surface area contributed by atoms with Gasteiger partial charge < -0.3 is 5.73 Å². The number of nitrogens with zero attached hydrogens (tertiary/aromatic N) is 2. The van der Waals surface area contributed by atoms with Gasteiger partial charge in [-0.15, -0.1) is 0 Å². The van der Waals surface area contributed by atoms with Gasteiger partial charge in [0.1, 0.15) is 0 Å². The molecule has 1 heterocycles. The van der Waals surface area contributed by atoms with Gasteiger partial charge >= 0.3 is 0 Å². The Kier molecular flexibility index (Phi) is 3.48. The van der Waals surface area contributed by atoms with Crippen molar-refractivity contribution in [1.29, 1.82) is 0 Å². The summed E-state index contributed by atoms with van der Waals surface area (Å²) in [6.07, 6.45) is 2.76. The summed E-state index contributed by atoms with van der Waals surface area (Å²) < 4.78 is 2.05. The Bertz CT molecular complexity index is 226. The molecular formula is C10H19N3. The smallest absolute Gasteiger partial charge is 0.0492 e. The van der Waals surface area contributed by atoms with Gasteiger partial charge in [0, 0.05) is 30.9 Å². The molecule has 0 spiro atoms. The third-order valence-corrected chi connectivity index (χ3v) is 1.87. The molecule has 0 unspecified atom stereocenters. The molecule has 0 aromatic carbocycles. The monoisotopic (exact) mass is 181 g/mol. The molecule has 1 atom stereocenters. The summed E-state index contributed by atoms with van der Waals surface area (Å²) in [5.74, 6) is 0.631. The number of rotatable bonds is 4. The average Bonchev–Trinajstić information content (AvgIpc) is 2.34. The van der Waals surface area contributed by atoms with E-state index in [1.165, 1.54) is 5.69 Å². The third-order valence-electron chi connectivity index (χ3n) is 1.87. The van der Waals surface area contributed by atoms with Crippen molar-refractivity contribution in [3.8, 4) is 0 Å². The lowest BCUT2D eigenvalue weighted by molar-refractivity contribution is 0.463. The molecule has 0 saturated carbocycles. The Morgan fingerprint density at radius 3 is 2.69 bits per heavy atom. The Morgan fingerprint density at radius 2 is 2.15 bits per heavy atom. The van der Waals surface area contributed by atoms with Crippen LogP contribution < -0.4 is 5.73 Å². The maximum absolute atomic E-state index is 5.74. The van der Waals surface area contributed by atoms with Crippen molar-refractivity contribution in [1.82, 2.24) is 9.78 Å². The maximum atomic E-state index is 5.74. The molecule has 3 heteroatoms. The fourth-order valence-corrected chi connectivity index (χ4v) is 1.37. The molecule has 0 aliphatic rings. The first-order valence-corrected chi connectivity index (χ1v) is 4.86. The summed E-state index contributed by atoms with van der Waals surface area (Å²) >= 11 is 0. The van der Waals surface area contributed by atoms with E-state index in [-0.39, 0.29) is 6.04 Å². The minimum atomic E-state index is 0.211. The lowest BCUT2D eigenvalue weighted by Gasteiger charge is -2.11. The highest BCUT2D eigenvalue weighted by atomic mass is 15.3. The maximum Gasteiger partial charge on any atom is 0.0492 e. The SMILES string of the molecule is CC(C)Cn1nccc1C[C@H](C)N. The molecule has 0 bridgehead atoms. The van der Waals surface area contributed by atoms with Gasteiger partial charge in [0.15, 0.2) is 0 Å². The van der Waals surface area contributed by atoms with Crippen molar-refractivity contribution < 1.29 is 0 Å². The van der Waals surface area contributed by atoms with E-state index in [2.05, 4.69) is 18.9 Å². The van der Waals surface area contributed by atoms with E-state index < -0.39 is 0 Å². The van der Waals surface area contributed by atoms with Crippen molar-refractivity contribution in [2.75, 3.05) is 0 Å². The van der Waals surface area contributed by atoms with E-state index in [1.807, 2.05) is 23.9 Å².